The van der Waals surface area contributed by atoms with Gasteiger partial charge < -0.3 is 20.3 Å². The van der Waals surface area contributed by atoms with Gasteiger partial charge in [-0.25, -0.2) is 0 Å². The van der Waals surface area contributed by atoms with Crippen molar-refractivity contribution in [2.24, 2.45) is 0 Å². The highest BCUT2D eigenvalue weighted by atomic mass is 16.5. The third-order valence-corrected chi connectivity index (χ3v) is 11.7. The molecule has 0 aromatic rings. The number of carbonyl (C=O) groups is 2. The molecule has 0 fully saturated rings. The summed E-state index contributed by atoms with van der Waals surface area (Å²) in [5, 5.41) is 23.8. The predicted octanol–water partition coefficient (Wildman–Crippen LogP) is 16.3. The summed E-state index contributed by atoms with van der Waals surface area (Å²) in [6.45, 7) is 6.24. The van der Waals surface area contributed by atoms with Gasteiger partial charge in [-0.1, -0.05) is 228 Å². The van der Waals surface area contributed by atoms with Gasteiger partial charge in [0.2, 0.25) is 5.91 Å². The normalized spacial score (nSPS) is 13.9. The number of allylic oxidation sites excluding steroid dienone is 14. The fourth-order valence-corrected chi connectivity index (χ4v) is 7.74. The van der Waals surface area contributed by atoms with Crippen molar-refractivity contribution >= 4 is 11.9 Å². The summed E-state index contributed by atoms with van der Waals surface area (Å²) in [5.41, 5.74) is 0. The van der Waals surface area contributed by atoms with Crippen LogP contribution >= 0.6 is 0 Å². The van der Waals surface area contributed by atoms with Gasteiger partial charge in [0.15, 0.2) is 0 Å². The first-order valence-electron chi connectivity index (χ1n) is 26.8. The number of hydrogen-bond acceptors (Lipinski definition) is 5. The van der Waals surface area contributed by atoms with E-state index < -0.39 is 18.2 Å². The van der Waals surface area contributed by atoms with Crippen LogP contribution in [0.4, 0.5) is 0 Å². The lowest BCUT2D eigenvalue weighted by Crippen LogP contribution is -2.46. The van der Waals surface area contributed by atoms with E-state index in [0.29, 0.717) is 19.3 Å². The molecule has 6 heteroatoms. The number of esters is 1. The maximum Gasteiger partial charge on any atom is 0.306 e. The molecule has 0 saturated heterocycles. The second kappa shape index (κ2) is 51.0. The summed E-state index contributed by atoms with van der Waals surface area (Å²) in [4.78, 5) is 26.2. The number of hydrogen-bond donors (Lipinski definition) is 3. The molecule has 0 aliphatic heterocycles. The SMILES string of the molecule is CC/C=C/C/C=C/C/C=C/C/C=C/CCCC(CC(=O)NC(CO)C(O)CCCCCCCCCCCCCCCCCCC)OC(=O)CCCCCC/C=C/C/C=C/C/C=C/CC. The first kappa shape index (κ1) is 61.0. The maximum absolute atomic E-state index is 13.2. The van der Waals surface area contributed by atoms with E-state index in [9.17, 15) is 19.8 Å². The number of carbonyl (C=O) groups excluding carboxylic acids is 2. The third kappa shape index (κ3) is 45.6. The Morgan fingerprint density at radius 1 is 0.469 bits per heavy atom. The molecule has 3 atom stereocenters. The summed E-state index contributed by atoms with van der Waals surface area (Å²) in [6.07, 6.45) is 66.5. The summed E-state index contributed by atoms with van der Waals surface area (Å²) < 4.78 is 5.90. The van der Waals surface area contributed by atoms with E-state index >= 15 is 0 Å². The molecule has 0 heterocycles. The Hall–Kier alpha value is -2.96. The Morgan fingerprint density at radius 3 is 1.31 bits per heavy atom. The molecule has 3 unspecified atom stereocenters. The van der Waals surface area contributed by atoms with Gasteiger partial charge in [0, 0.05) is 6.42 Å². The van der Waals surface area contributed by atoms with Crippen LogP contribution in [0, 0.1) is 0 Å². The molecule has 0 aromatic heterocycles. The van der Waals surface area contributed by atoms with Crippen LogP contribution in [-0.2, 0) is 14.3 Å². The highest BCUT2D eigenvalue weighted by molar-refractivity contribution is 5.77. The Kier molecular flexibility index (Phi) is 48.7. The van der Waals surface area contributed by atoms with E-state index in [1.165, 1.54) is 89.9 Å². The standard InChI is InChI=1S/C58H101NO5/c1-4-7-10-13-16-19-22-25-28-29-30-32-35-38-41-44-47-50-56(61)55(53-60)59-57(62)52-54(49-46-43-40-37-34-31-26-23-20-17-14-11-8-5-2)64-58(63)51-48-45-42-39-36-33-27-24-21-18-15-12-9-6-3/h8-9,11-12,17-18,20-21,26-27,31,33,37,40,54-56,60-61H,4-7,10,13-16,19,22-25,28-30,32,34-36,38-39,41-53H2,1-3H3,(H,59,62)/b11-8+,12-9+,20-17+,21-18+,31-26+,33-27+,40-37+. The highest BCUT2D eigenvalue weighted by Crippen LogP contribution is 2.17. The fraction of sp³-hybridized carbons (Fsp3) is 0.724. The fourth-order valence-electron chi connectivity index (χ4n) is 7.74. The molecule has 0 aliphatic carbocycles. The minimum absolute atomic E-state index is 0.0270. The lowest BCUT2D eigenvalue weighted by atomic mass is 10.0. The lowest BCUT2D eigenvalue weighted by Gasteiger charge is -2.24. The van der Waals surface area contributed by atoms with Crippen LogP contribution in [0.2, 0.25) is 0 Å². The van der Waals surface area contributed by atoms with Crippen molar-refractivity contribution in [1.29, 1.82) is 0 Å². The number of amides is 1. The number of ether oxygens (including phenoxy) is 1. The smallest absolute Gasteiger partial charge is 0.306 e. The highest BCUT2D eigenvalue weighted by Gasteiger charge is 2.24. The zero-order valence-electron chi connectivity index (χ0n) is 41.9. The Morgan fingerprint density at radius 2 is 0.859 bits per heavy atom. The molecule has 1 amide bonds. The largest absolute Gasteiger partial charge is 0.462 e. The van der Waals surface area contributed by atoms with E-state index in [1.54, 1.807) is 0 Å². The first-order valence-corrected chi connectivity index (χ1v) is 26.8. The molecule has 64 heavy (non-hydrogen) atoms. The zero-order valence-corrected chi connectivity index (χ0v) is 41.9. The molecule has 0 saturated carbocycles. The van der Waals surface area contributed by atoms with Gasteiger partial charge in [0.25, 0.3) is 0 Å². The Balaban J connectivity index is 4.64. The van der Waals surface area contributed by atoms with Crippen molar-refractivity contribution < 1.29 is 24.5 Å². The molecule has 0 spiro atoms. The van der Waals surface area contributed by atoms with Gasteiger partial charge in [-0.05, 0) is 89.9 Å². The monoisotopic (exact) mass is 892 g/mol. The van der Waals surface area contributed by atoms with Crippen LogP contribution in [0.3, 0.4) is 0 Å². The summed E-state index contributed by atoms with van der Waals surface area (Å²) in [7, 11) is 0. The van der Waals surface area contributed by atoms with E-state index in [4.69, 9.17) is 4.74 Å². The molecule has 368 valence electrons. The van der Waals surface area contributed by atoms with Crippen molar-refractivity contribution in [2.75, 3.05) is 6.61 Å². The van der Waals surface area contributed by atoms with Crippen molar-refractivity contribution in [1.82, 2.24) is 5.32 Å². The minimum atomic E-state index is -0.810. The molecule has 0 aliphatic rings. The van der Waals surface area contributed by atoms with E-state index in [2.05, 4.69) is 111 Å². The molecule has 0 bridgehead atoms. The molecule has 6 nitrogen and oxygen atoms in total. The van der Waals surface area contributed by atoms with E-state index in [0.717, 1.165) is 109 Å². The number of aliphatic hydroxyl groups is 2. The quantitative estimate of drug-likeness (QED) is 0.0321. The van der Waals surface area contributed by atoms with Crippen LogP contribution in [0.1, 0.15) is 245 Å². The summed E-state index contributed by atoms with van der Waals surface area (Å²) in [6, 6.07) is -0.728. The van der Waals surface area contributed by atoms with Crippen molar-refractivity contribution in [3.05, 3.63) is 85.1 Å². The topological polar surface area (TPSA) is 95.9 Å². The minimum Gasteiger partial charge on any atom is -0.462 e. The summed E-state index contributed by atoms with van der Waals surface area (Å²) in [5.74, 6) is -0.557. The number of rotatable bonds is 47. The van der Waals surface area contributed by atoms with E-state index in [1.807, 2.05) is 0 Å². The van der Waals surface area contributed by atoms with Crippen LogP contribution in [0.15, 0.2) is 85.1 Å². The van der Waals surface area contributed by atoms with Crippen molar-refractivity contribution in [3.63, 3.8) is 0 Å². The van der Waals surface area contributed by atoms with Crippen LogP contribution in [0.5, 0.6) is 0 Å². The first-order chi connectivity index (χ1) is 31.5. The van der Waals surface area contributed by atoms with Crippen molar-refractivity contribution in [3.8, 4) is 0 Å². The molecule has 0 rings (SSSR count). The zero-order chi connectivity index (χ0) is 46.7. The summed E-state index contributed by atoms with van der Waals surface area (Å²) >= 11 is 0. The average molecular weight is 892 g/mol. The maximum atomic E-state index is 13.2. The molecular weight excluding hydrogens is 791 g/mol. The predicted molar refractivity (Wildman–Crippen MR) is 278 cm³/mol. The van der Waals surface area contributed by atoms with Gasteiger partial charge >= 0.3 is 5.97 Å². The van der Waals surface area contributed by atoms with Gasteiger partial charge in [-0.15, -0.1) is 0 Å². The molecule has 3 N–H and O–H groups in total. The van der Waals surface area contributed by atoms with Crippen LogP contribution < -0.4 is 5.32 Å². The second-order valence-electron chi connectivity index (χ2n) is 17.9. The van der Waals surface area contributed by atoms with Crippen LogP contribution in [0.25, 0.3) is 0 Å². The van der Waals surface area contributed by atoms with Gasteiger partial charge in [0.05, 0.1) is 25.2 Å². The lowest BCUT2D eigenvalue weighted by molar-refractivity contribution is -0.151. The number of unbranched alkanes of at least 4 members (excludes halogenated alkanes) is 21. The Bertz CT molecular complexity index is 1230. The van der Waals surface area contributed by atoms with E-state index in [-0.39, 0.29) is 24.9 Å². The van der Waals surface area contributed by atoms with Crippen LogP contribution in [-0.4, -0.2) is 46.9 Å². The van der Waals surface area contributed by atoms with Crippen molar-refractivity contribution in [2.45, 2.75) is 264 Å². The van der Waals surface area contributed by atoms with Gasteiger partial charge in [-0.3, -0.25) is 9.59 Å². The third-order valence-electron chi connectivity index (χ3n) is 11.7. The number of nitrogens with one attached hydrogen (secondary N) is 1. The average Bonchev–Trinajstić information content (AvgIpc) is 3.29. The van der Waals surface area contributed by atoms with Gasteiger partial charge in [0.1, 0.15) is 6.10 Å². The second-order valence-corrected chi connectivity index (χ2v) is 17.9. The van der Waals surface area contributed by atoms with Gasteiger partial charge in [-0.2, -0.15) is 0 Å². The molecular formula is C58H101NO5. The Labute approximate surface area is 395 Å². The number of aliphatic hydroxyl groups excluding tert-OH is 2. The molecule has 0 aromatic carbocycles. The molecule has 0 radical (unpaired) electrons.